The molecule has 0 heterocycles. The number of amides is 1. The first-order valence-corrected chi connectivity index (χ1v) is 6.68. The molecule has 0 bridgehead atoms. The molecule has 0 saturated carbocycles. The standard InChI is InChI=1S/C12H11NO5S.Na/c1-7(14)13-9-2-3-11-8(4-9)5-10(6-12(11)15)19(16,17)18;/h2-6,15H,1H3,(H,13,14)(H,16,17,18);/q;+1/p-1. The van der Waals surface area contributed by atoms with Crippen LogP contribution in [0.2, 0.25) is 0 Å². The zero-order valence-electron chi connectivity index (χ0n) is 10.9. The molecule has 20 heavy (non-hydrogen) atoms. The Kier molecular flexibility index (Phi) is 5.17. The summed E-state index contributed by atoms with van der Waals surface area (Å²) >= 11 is 0. The predicted octanol–water partition coefficient (Wildman–Crippen LogP) is -1.59. The number of phenols is 1. The molecule has 0 aliphatic rings. The number of benzene rings is 2. The number of carbonyl (C=O) groups is 1. The maximum absolute atomic E-state index is 11.0. The fourth-order valence-corrected chi connectivity index (χ4v) is 2.28. The monoisotopic (exact) mass is 303 g/mol. The SMILES string of the molecule is CC(=O)Nc1ccc2c(O)cc(S(=O)(=O)[O-])cc2c1.[Na+]. The van der Waals surface area contributed by atoms with E-state index in [0.717, 1.165) is 12.1 Å². The van der Waals surface area contributed by atoms with E-state index in [2.05, 4.69) is 5.32 Å². The van der Waals surface area contributed by atoms with Crippen LogP contribution in [0.5, 0.6) is 5.75 Å². The van der Waals surface area contributed by atoms with E-state index in [1.54, 1.807) is 6.07 Å². The van der Waals surface area contributed by atoms with Crippen molar-refractivity contribution in [2.75, 3.05) is 5.32 Å². The van der Waals surface area contributed by atoms with Crippen molar-refractivity contribution < 1.29 is 52.4 Å². The summed E-state index contributed by atoms with van der Waals surface area (Å²) in [5.41, 5.74) is 0.444. The second-order valence-electron chi connectivity index (χ2n) is 4.01. The third kappa shape index (κ3) is 3.71. The number of nitrogens with one attached hydrogen (secondary N) is 1. The van der Waals surface area contributed by atoms with E-state index in [0.29, 0.717) is 16.5 Å². The topological polar surface area (TPSA) is 107 Å². The van der Waals surface area contributed by atoms with Gasteiger partial charge in [-0.1, -0.05) is 0 Å². The maximum Gasteiger partial charge on any atom is 1.00 e. The van der Waals surface area contributed by atoms with Crippen molar-refractivity contribution in [2.24, 2.45) is 0 Å². The molecule has 0 saturated heterocycles. The zero-order valence-corrected chi connectivity index (χ0v) is 13.7. The summed E-state index contributed by atoms with van der Waals surface area (Å²) in [6.07, 6.45) is 0. The van der Waals surface area contributed by atoms with Crippen LogP contribution in [0.25, 0.3) is 10.8 Å². The molecule has 2 N–H and O–H groups in total. The van der Waals surface area contributed by atoms with Crippen LogP contribution in [0.15, 0.2) is 35.2 Å². The fourth-order valence-electron chi connectivity index (χ4n) is 1.75. The van der Waals surface area contributed by atoms with Gasteiger partial charge in [-0.25, -0.2) is 8.42 Å². The van der Waals surface area contributed by atoms with E-state index in [9.17, 15) is 22.9 Å². The summed E-state index contributed by atoms with van der Waals surface area (Å²) in [4.78, 5) is 10.4. The molecule has 1 amide bonds. The van der Waals surface area contributed by atoms with Gasteiger partial charge >= 0.3 is 29.6 Å². The zero-order chi connectivity index (χ0) is 14.2. The van der Waals surface area contributed by atoms with Crippen LogP contribution < -0.4 is 34.9 Å². The first-order chi connectivity index (χ1) is 8.77. The first-order valence-electron chi connectivity index (χ1n) is 5.27. The molecule has 0 aliphatic heterocycles. The number of phenolic OH excluding ortho intramolecular Hbond substituents is 1. The second kappa shape index (κ2) is 6.11. The molecule has 0 unspecified atom stereocenters. The van der Waals surface area contributed by atoms with Gasteiger partial charge in [0.15, 0.2) is 0 Å². The van der Waals surface area contributed by atoms with Gasteiger partial charge in [-0.15, -0.1) is 0 Å². The molecular weight excluding hydrogens is 293 g/mol. The molecule has 100 valence electrons. The van der Waals surface area contributed by atoms with Crippen LogP contribution >= 0.6 is 0 Å². The van der Waals surface area contributed by atoms with Gasteiger partial charge in [0, 0.05) is 18.0 Å². The van der Waals surface area contributed by atoms with E-state index < -0.39 is 15.0 Å². The van der Waals surface area contributed by atoms with Crippen molar-refractivity contribution in [2.45, 2.75) is 11.8 Å². The van der Waals surface area contributed by atoms with Gasteiger partial charge in [0.05, 0.1) is 4.90 Å². The van der Waals surface area contributed by atoms with Gasteiger partial charge in [-0.05, 0) is 35.7 Å². The van der Waals surface area contributed by atoms with Gasteiger partial charge in [-0.3, -0.25) is 4.79 Å². The molecule has 6 nitrogen and oxygen atoms in total. The quantitative estimate of drug-likeness (QED) is 0.514. The Bertz CT molecular complexity index is 773. The molecule has 0 aliphatic carbocycles. The second-order valence-corrected chi connectivity index (χ2v) is 5.39. The van der Waals surface area contributed by atoms with Crippen LogP contribution in [0.1, 0.15) is 6.92 Å². The molecular formula is C12H10NNaO5S. The Morgan fingerprint density at radius 3 is 2.45 bits per heavy atom. The molecule has 0 radical (unpaired) electrons. The van der Waals surface area contributed by atoms with Crippen molar-refractivity contribution in [1.82, 2.24) is 0 Å². The summed E-state index contributed by atoms with van der Waals surface area (Å²) in [6.45, 7) is 1.33. The van der Waals surface area contributed by atoms with Crippen molar-refractivity contribution in [1.29, 1.82) is 0 Å². The number of aromatic hydroxyl groups is 1. The summed E-state index contributed by atoms with van der Waals surface area (Å²) in [5.74, 6) is -0.586. The molecule has 2 aromatic carbocycles. The Morgan fingerprint density at radius 1 is 1.25 bits per heavy atom. The molecule has 2 aromatic rings. The number of hydrogen-bond donors (Lipinski definition) is 2. The van der Waals surface area contributed by atoms with Crippen molar-refractivity contribution in [3.8, 4) is 5.75 Å². The van der Waals surface area contributed by atoms with Gasteiger partial charge in [0.1, 0.15) is 15.9 Å². The van der Waals surface area contributed by atoms with Crippen LogP contribution in [0.3, 0.4) is 0 Å². The molecule has 8 heteroatoms. The minimum Gasteiger partial charge on any atom is -0.744 e. The molecule has 0 aromatic heterocycles. The third-order valence-corrected chi connectivity index (χ3v) is 3.33. The number of anilines is 1. The average molecular weight is 303 g/mol. The number of hydrogen-bond acceptors (Lipinski definition) is 5. The number of fused-ring (bicyclic) bond motifs is 1. The molecule has 2 rings (SSSR count). The Hall–Kier alpha value is -1.12. The summed E-state index contributed by atoms with van der Waals surface area (Å²) < 4.78 is 32.9. The van der Waals surface area contributed by atoms with Crippen LogP contribution in [-0.4, -0.2) is 24.0 Å². The average Bonchev–Trinajstić information content (AvgIpc) is 2.26. The smallest absolute Gasteiger partial charge is 0.744 e. The Balaban J connectivity index is 0.00000200. The minimum atomic E-state index is -4.65. The summed E-state index contributed by atoms with van der Waals surface area (Å²) in [5, 5.41) is 13.0. The summed E-state index contributed by atoms with van der Waals surface area (Å²) in [7, 11) is -4.65. The van der Waals surface area contributed by atoms with E-state index >= 15 is 0 Å². The van der Waals surface area contributed by atoms with Gasteiger partial charge < -0.3 is 15.0 Å². The Morgan fingerprint density at radius 2 is 1.90 bits per heavy atom. The van der Waals surface area contributed by atoms with Crippen molar-refractivity contribution in [3.05, 3.63) is 30.3 Å². The van der Waals surface area contributed by atoms with E-state index in [-0.39, 0.29) is 41.2 Å². The predicted molar refractivity (Wildman–Crippen MR) is 67.9 cm³/mol. The van der Waals surface area contributed by atoms with E-state index in [1.165, 1.54) is 19.1 Å². The minimum absolute atomic E-state index is 0. The van der Waals surface area contributed by atoms with Crippen molar-refractivity contribution >= 4 is 32.5 Å². The maximum atomic E-state index is 11.0. The number of rotatable bonds is 2. The third-order valence-electron chi connectivity index (χ3n) is 2.51. The van der Waals surface area contributed by atoms with Crippen LogP contribution in [0, 0.1) is 0 Å². The van der Waals surface area contributed by atoms with Gasteiger partial charge in [0.2, 0.25) is 5.91 Å². The molecule has 0 fully saturated rings. The van der Waals surface area contributed by atoms with Crippen LogP contribution in [0.4, 0.5) is 5.69 Å². The normalized spacial score (nSPS) is 10.9. The van der Waals surface area contributed by atoms with Crippen LogP contribution in [-0.2, 0) is 14.9 Å². The van der Waals surface area contributed by atoms with Crippen molar-refractivity contribution in [3.63, 3.8) is 0 Å². The van der Waals surface area contributed by atoms with Gasteiger partial charge in [0.25, 0.3) is 0 Å². The first kappa shape index (κ1) is 16.9. The Labute approximate surface area is 137 Å². The van der Waals surface area contributed by atoms with E-state index in [4.69, 9.17) is 0 Å². The largest absolute Gasteiger partial charge is 1.00 e. The fraction of sp³-hybridized carbons (Fsp3) is 0.0833. The van der Waals surface area contributed by atoms with Gasteiger partial charge in [-0.2, -0.15) is 0 Å². The molecule has 0 spiro atoms. The molecule has 0 atom stereocenters. The van der Waals surface area contributed by atoms with E-state index in [1.807, 2.05) is 0 Å². The summed E-state index contributed by atoms with van der Waals surface area (Å²) in [6, 6.07) is 6.63. The number of carbonyl (C=O) groups excluding carboxylic acids is 1.